The van der Waals surface area contributed by atoms with Gasteiger partial charge >= 0.3 is 0 Å². The summed E-state index contributed by atoms with van der Waals surface area (Å²) in [6, 6.07) is 14.2. The predicted molar refractivity (Wildman–Crippen MR) is 88.8 cm³/mol. The lowest BCUT2D eigenvalue weighted by Gasteiger charge is -2.20. The number of hydrogen-bond acceptors (Lipinski definition) is 2. The van der Waals surface area contributed by atoms with Gasteiger partial charge < -0.3 is 10.1 Å². The molecule has 1 N–H and O–H groups in total. The Bertz CT molecular complexity index is 571. The van der Waals surface area contributed by atoms with Gasteiger partial charge in [-0.25, -0.2) is 0 Å². The zero-order valence-electron chi connectivity index (χ0n) is 11.5. The zero-order valence-corrected chi connectivity index (χ0v) is 13.8. The average molecular weight is 355 g/mol. The molecule has 1 unspecified atom stereocenters. The summed E-state index contributed by atoms with van der Waals surface area (Å²) in [5, 5.41) is 4.25. The van der Waals surface area contributed by atoms with Gasteiger partial charge in [-0.15, -0.1) is 0 Å². The van der Waals surface area contributed by atoms with Gasteiger partial charge in [0.15, 0.2) is 0 Å². The SMILES string of the molecule is CCC(Nc1ccc(Cl)cc1Br)c1ccc(OC)cc1. The van der Waals surface area contributed by atoms with Crippen molar-refractivity contribution in [3.63, 3.8) is 0 Å². The summed E-state index contributed by atoms with van der Waals surface area (Å²) in [6.07, 6.45) is 0.987. The van der Waals surface area contributed by atoms with Crippen LogP contribution in [0.5, 0.6) is 5.75 Å². The molecule has 2 rings (SSSR count). The van der Waals surface area contributed by atoms with E-state index in [2.05, 4.69) is 40.3 Å². The number of hydrogen-bond donors (Lipinski definition) is 1. The molecule has 0 amide bonds. The van der Waals surface area contributed by atoms with E-state index in [9.17, 15) is 0 Å². The third-order valence-electron chi connectivity index (χ3n) is 3.19. The Kier molecular flexibility index (Phi) is 5.32. The van der Waals surface area contributed by atoms with Crippen LogP contribution in [0, 0.1) is 0 Å². The Morgan fingerprint density at radius 2 is 1.90 bits per heavy atom. The smallest absolute Gasteiger partial charge is 0.118 e. The Balaban J connectivity index is 2.19. The Labute approximate surface area is 133 Å². The quantitative estimate of drug-likeness (QED) is 0.746. The first kappa shape index (κ1) is 15.2. The van der Waals surface area contributed by atoms with E-state index >= 15 is 0 Å². The fourth-order valence-electron chi connectivity index (χ4n) is 2.05. The molecule has 0 heterocycles. The van der Waals surface area contributed by atoms with Crippen molar-refractivity contribution in [3.8, 4) is 5.75 Å². The van der Waals surface area contributed by atoms with Crippen LogP contribution in [-0.4, -0.2) is 7.11 Å². The molecule has 0 bridgehead atoms. The van der Waals surface area contributed by atoms with Gasteiger partial charge in [0.1, 0.15) is 5.75 Å². The second-order valence-electron chi connectivity index (χ2n) is 4.50. The van der Waals surface area contributed by atoms with Crippen LogP contribution in [0.3, 0.4) is 0 Å². The molecule has 0 aliphatic heterocycles. The van der Waals surface area contributed by atoms with Gasteiger partial charge in [-0.05, 0) is 58.2 Å². The van der Waals surface area contributed by atoms with E-state index < -0.39 is 0 Å². The maximum absolute atomic E-state index is 5.97. The number of ether oxygens (including phenoxy) is 1. The summed E-state index contributed by atoms with van der Waals surface area (Å²) in [7, 11) is 1.68. The Hall–Kier alpha value is -1.19. The van der Waals surface area contributed by atoms with Crippen LogP contribution in [-0.2, 0) is 0 Å². The zero-order chi connectivity index (χ0) is 14.5. The van der Waals surface area contributed by atoms with Gasteiger partial charge in [0, 0.05) is 15.2 Å². The summed E-state index contributed by atoms with van der Waals surface area (Å²) in [4.78, 5) is 0. The van der Waals surface area contributed by atoms with Gasteiger partial charge in [0.25, 0.3) is 0 Å². The number of halogens is 2. The van der Waals surface area contributed by atoms with Crippen LogP contribution in [0.2, 0.25) is 5.02 Å². The Morgan fingerprint density at radius 3 is 2.45 bits per heavy atom. The summed E-state index contributed by atoms with van der Waals surface area (Å²) in [6.45, 7) is 2.16. The van der Waals surface area contributed by atoms with Crippen molar-refractivity contribution < 1.29 is 4.74 Å². The molecule has 0 radical (unpaired) electrons. The maximum Gasteiger partial charge on any atom is 0.118 e. The van der Waals surface area contributed by atoms with Gasteiger partial charge in [0.05, 0.1) is 13.2 Å². The molecular weight excluding hydrogens is 338 g/mol. The molecule has 2 aromatic carbocycles. The highest BCUT2D eigenvalue weighted by Crippen LogP contribution is 2.30. The third kappa shape index (κ3) is 3.68. The molecular formula is C16H17BrClNO. The van der Waals surface area contributed by atoms with Gasteiger partial charge in [-0.2, -0.15) is 0 Å². The Morgan fingerprint density at radius 1 is 1.20 bits per heavy atom. The molecule has 2 nitrogen and oxygen atoms in total. The average Bonchev–Trinajstić information content (AvgIpc) is 2.47. The van der Waals surface area contributed by atoms with Crippen molar-refractivity contribution in [2.45, 2.75) is 19.4 Å². The van der Waals surface area contributed by atoms with Crippen molar-refractivity contribution >= 4 is 33.2 Å². The molecule has 4 heteroatoms. The number of anilines is 1. The molecule has 106 valence electrons. The van der Waals surface area contributed by atoms with E-state index in [-0.39, 0.29) is 6.04 Å². The summed E-state index contributed by atoms with van der Waals surface area (Å²) >= 11 is 9.50. The summed E-state index contributed by atoms with van der Waals surface area (Å²) in [5.74, 6) is 0.872. The number of methoxy groups -OCH3 is 1. The highest BCUT2D eigenvalue weighted by molar-refractivity contribution is 9.10. The minimum Gasteiger partial charge on any atom is -0.497 e. The van der Waals surface area contributed by atoms with E-state index in [1.165, 1.54) is 5.56 Å². The van der Waals surface area contributed by atoms with E-state index in [1.54, 1.807) is 7.11 Å². The molecule has 2 aromatic rings. The van der Waals surface area contributed by atoms with E-state index in [1.807, 2.05) is 30.3 Å². The molecule has 20 heavy (non-hydrogen) atoms. The molecule has 1 atom stereocenters. The van der Waals surface area contributed by atoms with Crippen LogP contribution in [0.1, 0.15) is 24.9 Å². The first-order valence-electron chi connectivity index (χ1n) is 6.49. The minimum absolute atomic E-state index is 0.249. The first-order chi connectivity index (χ1) is 9.63. The number of rotatable bonds is 5. The fourth-order valence-corrected chi connectivity index (χ4v) is 2.85. The van der Waals surface area contributed by atoms with Gasteiger partial charge in [-0.1, -0.05) is 30.7 Å². The molecule has 0 spiro atoms. The lowest BCUT2D eigenvalue weighted by Crippen LogP contribution is -2.10. The van der Waals surface area contributed by atoms with Gasteiger partial charge in [-0.3, -0.25) is 0 Å². The van der Waals surface area contributed by atoms with Crippen LogP contribution in [0.4, 0.5) is 5.69 Å². The summed E-state index contributed by atoms with van der Waals surface area (Å²) in [5.41, 5.74) is 2.27. The number of benzene rings is 2. The predicted octanol–water partition coefficient (Wildman–Crippen LogP) is 5.67. The van der Waals surface area contributed by atoms with Crippen LogP contribution >= 0.6 is 27.5 Å². The lowest BCUT2D eigenvalue weighted by atomic mass is 10.0. The topological polar surface area (TPSA) is 21.3 Å². The monoisotopic (exact) mass is 353 g/mol. The molecule has 0 aliphatic carbocycles. The van der Waals surface area contributed by atoms with Gasteiger partial charge in [0.2, 0.25) is 0 Å². The van der Waals surface area contributed by atoms with E-state index in [4.69, 9.17) is 16.3 Å². The van der Waals surface area contributed by atoms with E-state index in [0.717, 1.165) is 27.4 Å². The molecule has 0 aromatic heterocycles. The van der Waals surface area contributed by atoms with Crippen LogP contribution in [0.25, 0.3) is 0 Å². The molecule has 0 saturated carbocycles. The normalized spacial score (nSPS) is 12.0. The van der Waals surface area contributed by atoms with Crippen molar-refractivity contribution in [1.29, 1.82) is 0 Å². The van der Waals surface area contributed by atoms with Crippen LogP contribution < -0.4 is 10.1 Å². The van der Waals surface area contributed by atoms with Crippen molar-refractivity contribution in [2.75, 3.05) is 12.4 Å². The second-order valence-corrected chi connectivity index (χ2v) is 5.79. The fraction of sp³-hybridized carbons (Fsp3) is 0.250. The largest absolute Gasteiger partial charge is 0.497 e. The standard InChI is InChI=1S/C16H17BrClNO/c1-3-15(11-4-7-13(20-2)8-5-11)19-16-9-6-12(18)10-14(16)17/h4-10,15,19H,3H2,1-2H3. The summed E-state index contributed by atoms with van der Waals surface area (Å²) < 4.78 is 6.16. The highest BCUT2D eigenvalue weighted by Gasteiger charge is 2.11. The lowest BCUT2D eigenvalue weighted by molar-refractivity contribution is 0.414. The maximum atomic E-state index is 5.97. The van der Waals surface area contributed by atoms with Crippen molar-refractivity contribution in [2.24, 2.45) is 0 Å². The molecule has 0 fully saturated rings. The van der Waals surface area contributed by atoms with Crippen molar-refractivity contribution in [1.82, 2.24) is 0 Å². The number of nitrogens with one attached hydrogen (secondary N) is 1. The van der Waals surface area contributed by atoms with E-state index in [0.29, 0.717) is 0 Å². The second kappa shape index (κ2) is 7.00. The minimum atomic E-state index is 0.249. The third-order valence-corrected chi connectivity index (χ3v) is 4.08. The first-order valence-corrected chi connectivity index (χ1v) is 7.66. The van der Waals surface area contributed by atoms with Crippen molar-refractivity contribution in [3.05, 3.63) is 57.5 Å². The molecule has 0 saturated heterocycles. The van der Waals surface area contributed by atoms with Crippen LogP contribution in [0.15, 0.2) is 46.9 Å². The molecule has 0 aliphatic rings. The highest BCUT2D eigenvalue weighted by atomic mass is 79.9.